The zero-order valence-electron chi connectivity index (χ0n) is 9.94. The molecule has 0 bridgehead atoms. The van der Waals surface area contributed by atoms with E-state index in [0.717, 1.165) is 0 Å². The molecule has 1 heterocycles. The summed E-state index contributed by atoms with van der Waals surface area (Å²) in [6.07, 6.45) is 0. The van der Waals surface area contributed by atoms with Crippen molar-refractivity contribution in [3.63, 3.8) is 0 Å². The third kappa shape index (κ3) is 1.27. The lowest BCUT2D eigenvalue weighted by molar-refractivity contribution is 0.273. The normalized spacial score (nSPS) is 15.4. The molecular formula is C14H14O2Si. The molecule has 0 spiro atoms. The Bertz CT molecular complexity index is 514. The average Bonchev–Trinajstić information content (AvgIpc) is 2.70. The molecule has 86 valence electrons. The zero-order valence-corrected chi connectivity index (χ0v) is 10.9. The van der Waals surface area contributed by atoms with Gasteiger partial charge in [-0.1, -0.05) is 48.5 Å². The molecule has 1 aliphatic heterocycles. The fourth-order valence-electron chi connectivity index (χ4n) is 2.68. The molecular weight excluding hydrogens is 228 g/mol. The molecule has 0 saturated carbocycles. The first-order valence-electron chi connectivity index (χ1n) is 5.63. The lowest BCUT2D eigenvalue weighted by Gasteiger charge is -2.24. The lowest BCUT2D eigenvalue weighted by atomic mass is 10.1. The third-order valence-electron chi connectivity index (χ3n) is 3.43. The van der Waals surface area contributed by atoms with Crippen LogP contribution in [0.1, 0.15) is 0 Å². The van der Waals surface area contributed by atoms with E-state index in [0.29, 0.717) is 0 Å². The van der Waals surface area contributed by atoms with Crippen molar-refractivity contribution in [2.24, 2.45) is 0 Å². The van der Waals surface area contributed by atoms with Gasteiger partial charge in [0, 0.05) is 24.6 Å². The maximum absolute atomic E-state index is 5.82. The van der Waals surface area contributed by atoms with Crippen molar-refractivity contribution in [3.05, 3.63) is 48.5 Å². The Kier molecular flexibility index (Phi) is 2.40. The van der Waals surface area contributed by atoms with Crippen LogP contribution in [0.15, 0.2) is 48.5 Å². The van der Waals surface area contributed by atoms with Crippen LogP contribution in [0.25, 0.3) is 11.1 Å². The van der Waals surface area contributed by atoms with Gasteiger partial charge in [-0.25, -0.2) is 0 Å². The fourth-order valence-corrected chi connectivity index (χ4v) is 5.79. The summed E-state index contributed by atoms with van der Waals surface area (Å²) in [6.45, 7) is 0. The van der Waals surface area contributed by atoms with Gasteiger partial charge in [0.05, 0.1) is 0 Å². The number of benzene rings is 2. The van der Waals surface area contributed by atoms with Gasteiger partial charge in [-0.3, -0.25) is 0 Å². The Morgan fingerprint density at radius 1 is 0.706 bits per heavy atom. The van der Waals surface area contributed by atoms with Crippen molar-refractivity contribution in [2.75, 3.05) is 14.2 Å². The van der Waals surface area contributed by atoms with Crippen molar-refractivity contribution in [1.29, 1.82) is 0 Å². The van der Waals surface area contributed by atoms with E-state index in [-0.39, 0.29) is 0 Å². The molecule has 0 aliphatic carbocycles. The predicted molar refractivity (Wildman–Crippen MR) is 70.9 cm³/mol. The van der Waals surface area contributed by atoms with E-state index in [1.54, 1.807) is 14.2 Å². The van der Waals surface area contributed by atoms with Gasteiger partial charge in [-0.05, 0) is 11.1 Å². The highest BCUT2D eigenvalue weighted by atomic mass is 28.4. The zero-order chi connectivity index (χ0) is 11.9. The van der Waals surface area contributed by atoms with Gasteiger partial charge >= 0.3 is 8.56 Å². The Labute approximate surface area is 102 Å². The summed E-state index contributed by atoms with van der Waals surface area (Å²) < 4.78 is 11.6. The van der Waals surface area contributed by atoms with E-state index in [9.17, 15) is 0 Å². The van der Waals surface area contributed by atoms with Crippen LogP contribution < -0.4 is 10.4 Å². The van der Waals surface area contributed by atoms with Crippen molar-refractivity contribution in [2.45, 2.75) is 0 Å². The molecule has 0 amide bonds. The van der Waals surface area contributed by atoms with Gasteiger partial charge in [-0.2, -0.15) is 0 Å². The highest BCUT2D eigenvalue weighted by molar-refractivity contribution is 6.96. The Hall–Kier alpha value is -1.42. The van der Waals surface area contributed by atoms with Crippen LogP contribution in [0.4, 0.5) is 0 Å². The van der Waals surface area contributed by atoms with E-state index in [1.807, 2.05) is 12.1 Å². The summed E-state index contributed by atoms with van der Waals surface area (Å²) in [4.78, 5) is 0. The monoisotopic (exact) mass is 242 g/mol. The van der Waals surface area contributed by atoms with Crippen LogP contribution in [-0.4, -0.2) is 22.8 Å². The summed E-state index contributed by atoms with van der Waals surface area (Å²) in [5.41, 5.74) is 2.50. The first kappa shape index (κ1) is 10.7. The summed E-state index contributed by atoms with van der Waals surface area (Å²) in [5, 5.41) is 2.43. The smallest absolute Gasteiger partial charge is 0.391 e. The summed E-state index contributed by atoms with van der Waals surface area (Å²) in [6, 6.07) is 16.7. The van der Waals surface area contributed by atoms with E-state index in [2.05, 4.69) is 36.4 Å². The van der Waals surface area contributed by atoms with Gasteiger partial charge in [0.15, 0.2) is 0 Å². The van der Waals surface area contributed by atoms with Crippen molar-refractivity contribution < 1.29 is 8.85 Å². The third-order valence-corrected chi connectivity index (χ3v) is 6.87. The van der Waals surface area contributed by atoms with Crippen LogP contribution >= 0.6 is 0 Å². The second-order valence-corrected chi connectivity index (χ2v) is 7.24. The molecule has 1 aliphatic rings. The second kappa shape index (κ2) is 3.80. The van der Waals surface area contributed by atoms with Gasteiger partial charge in [0.2, 0.25) is 0 Å². The Balaban J connectivity index is 2.38. The van der Waals surface area contributed by atoms with E-state index < -0.39 is 8.56 Å². The molecule has 0 aromatic heterocycles. The van der Waals surface area contributed by atoms with Crippen molar-refractivity contribution in [3.8, 4) is 11.1 Å². The summed E-state index contributed by atoms with van der Waals surface area (Å²) in [5.74, 6) is 0. The average molecular weight is 242 g/mol. The van der Waals surface area contributed by atoms with Gasteiger partial charge in [0.25, 0.3) is 0 Å². The Morgan fingerprint density at radius 2 is 1.12 bits per heavy atom. The van der Waals surface area contributed by atoms with Crippen LogP contribution in [0.5, 0.6) is 0 Å². The van der Waals surface area contributed by atoms with Crippen LogP contribution in [0, 0.1) is 0 Å². The topological polar surface area (TPSA) is 18.5 Å². The molecule has 0 fully saturated rings. The molecule has 0 atom stereocenters. The van der Waals surface area contributed by atoms with Crippen LogP contribution in [0.3, 0.4) is 0 Å². The van der Waals surface area contributed by atoms with E-state index in [4.69, 9.17) is 8.85 Å². The minimum Gasteiger partial charge on any atom is -0.391 e. The molecule has 0 N–H and O–H groups in total. The van der Waals surface area contributed by atoms with E-state index in [1.165, 1.54) is 21.5 Å². The molecule has 3 heteroatoms. The van der Waals surface area contributed by atoms with Gasteiger partial charge in [0.1, 0.15) is 0 Å². The summed E-state index contributed by atoms with van der Waals surface area (Å²) >= 11 is 0. The first-order chi connectivity index (χ1) is 8.33. The number of rotatable bonds is 2. The molecule has 0 saturated heterocycles. The van der Waals surface area contributed by atoms with Crippen molar-refractivity contribution >= 4 is 18.9 Å². The number of hydrogen-bond acceptors (Lipinski definition) is 2. The van der Waals surface area contributed by atoms with Crippen LogP contribution in [0.2, 0.25) is 0 Å². The molecule has 17 heavy (non-hydrogen) atoms. The second-order valence-electron chi connectivity index (χ2n) is 4.12. The number of hydrogen-bond donors (Lipinski definition) is 0. The van der Waals surface area contributed by atoms with Gasteiger partial charge in [-0.15, -0.1) is 0 Å². The van der Waals surface area contributed by atoms with Crippen LogP contribution in [-0.2, 0) is 8.85 Å². The lowest BCUT2D eigenvalue weighted by Crippen LogP contribution is -2.59. The minimum atomic E-state index is -2.42. The SMILES string of the molecule is CO[Si]1(OC)c2ccccc2-c2ccccc21. The quantitative estimate of drug-likeness (QED) is 0.743. The molecule has 2 aromatic carbocycles. The Morgan fingerprint density at radius 3 is 1.53 bits per heavy atom. The highest BCUT2D eigenvalue weighted by Crippen LogP contribution is 2.28. The molecule has 0 unspecified atom stereocenters. The molecule has 2 nitrogen and oxygen atoms in total. The maximum atomic E-state index is 5.82. The highest BCUT2D eigenvalue weighted by Gasteiger charge is 2.48. The standard InChI is InChI=1S/C14H14O2Si/c1-15-17(16-2)13-9-5-3-7-11(13)12-8-4-6-10-14(12)17/h3-10H,1-2H3. The molecule has 2 aromatic rings. The van der Waals surface area contributed by atoms with Crippen molar-refractivity contribution in [1.82, 2.24) is 0 Å². The maximum Gasteiger partial charge on any atom is 0.407 e. The predicted octanol–water partition coefficient (Wildman–Crippen LogP) is 1.52. The van der Waals surface area contributed by atoms with E-state index >= 15 is 0 Å². The van der Waals surface area contributed by atoms with Gasteiger partial charge < -0.3 is 8.85 Å². The largest absolute Gasteiger partial charge is 0.407 e. The molecule has 0 radical (unpaired) electrons. The molecule has 3 rings (SSSR count). The number of fused-ring (bicyclic) bond motifs is 3. The summed E-state index contributed by atoms with van der Waals surface area (Å²) in [7, 11) is 1.07. The first-order valence-corrected chi connectivity index (χ1v) is 7.45. The minimum absolute atomic E-state index is 1.21. The fraction of sp³-hybridized carbons (Fsp3) is 0.143.